The van der Waals surface area contributed by atoms with Crippen molar-refractivity contribution in [2.75, 3.05) is 12.4 Å². The highest BCUT2D eigenvalue weighted by Crippen LogP contribution is 2.30. The molecule has 1 saturated heterocycles. The Bertz CT molecular complexity index is 938. The van der Waals surface area contributed by atoms with E-state index in [1.54, 1.807) is 23.9 Å². The van der Waals surface area contributed by atoms with E-state index in [9.17, 15) is 10.1 Å². The zero-order chi connectivity index (χ0) is 19.3. The molecule has 0 unspecified atom stereocenters. The molecule has 0 amide bonds. The highest BCUT2D eigenvalue weighted by atomic mass is 32.2. The maximum atomic E-state index is 10.9. The van der Waals surface area contributed by atoms with Gasteiger partial charge in [0.25, 0.3) is 5.69 Å². The molecule has 1 aliphatic heterocycles. The number of ether oxygens (including phenoxy) is 1. The van der Waals surface area contributed by atoms with Crippen LogP contribution in [0.25, 0.3) is 17.1 Å². The van der Waals surface area contributed by atoms with Crippen molar-refractivity contribution in [3.63, 3.8) is 0 Å². The quantitative estimate of drug-likeness (QED) is 0.346. The van der Waals surface area contributed by atoms with Crippen LogP contribution >= 0.6 is 11.8 Å². The number of nitro groups is 1. The van der Waals surface area contributed by atoms with Crippen molar-refractivity contribution in [3.05, 3.63) is 64.7 Å². The lowest BCUT2D eigenvalue weighted by Crippen LogP contribution is -2.21. The zero-order valence-corrected chi connectivity index (χ0v) is 16.0. The van der Waals surface area contributed by atoms with E-state index >= 15 is 0 Å². The highest BCUT2D eigenvalue weighted by molar-refractivity contribution is 7.99. The molecule has 2 aromatic carbocycles. The monoisotopic (exact) mass is 396 g/mol. The number of nitro benzene ring substituents is 1. The predicted octanol–water partition coefficient (Wildman–Crippen LogP) is 4.50. The molecule has 28 heavy (non-hydrogen) atoms. The van der Waals surface area contributed by atoms with Crippen molar-refractivity contribution in [3.8, 4) is 17.1 Å². The van der Waals surface area contributed by atoms with Gasteiger partial charge in [-0.25, -0.2) is 0 Å². The number of rotatable bonds is 6. The van der Waals surface area contributed by atoms with E-state index in [2.05, 4.69) is 10.2 Å². The molecule has 1 fully saturated rings. The summed E-state index contributed by atoms with van der Waals surface area (Å²) in [6.07, 6.45) is 3.64. The van der Waals surface area contributed by atoms with Crippen LogP contribution in [0.1, 0.15) is 19.3 Å². The van der Waals surface area contributed by atoms with Gasteiger partial charge < -0.3 is 4.74 Å². The van der Waals surface area contributed by atoms with Crippen LogP contribution in [0.2, 0.25) is 0 Å². The highest BCUT2D eigenvalue weighted by Gasteiger charge is 2.20. The maximum absolute atomic E-state index is 10.9. The molecule has 0 aliphatic carbocycles. The van der Waals surface area contributed by atoms with E-state index in [0.717, 1.165) is 41.6 Å². The summed E-state index contributed by atoms with van der Waals surface area (Å²) in [7, 11) is 0. The molecule has 8 heteroatoms. The van der Waals surface area contributed by atoms with Crippen LogP contribution < -0.4 is 0 Å². The lowest BCUT2D eigenvalue weighted by molar-refractivity contribution is -0.384. The van der Waals surface area contributed by atoms with Crippen LogP contribution in [0.4, 0.5) is 5.69 Å². The molecule has 2 heterocycles. The van der Waals surface area contributed by atoms with Crippen molar-refractivity contribution in [2.24, 2.45) is 0 Å². The molecule has 0 radical (unpaired) electrons. The fourth-order valence-corrected chi connectivity index (χ4v) is 4.22. The van der Waals surface area contributed by atoms with Gasteiger partial charge in [-0.2, -0.15) is 0 Å². The number of non-ortho nitro benzene ring substituents is 1. The van der Waals surface area contributed by atoms with Crippen LogP contribution in [0.3, 0.4) is 0 Å². The van der Waals surface area contributed by atoms with Crippen LogP contribution in [-0.4, -0.2) is 38.2 Å². The number of hydrogen-bond acceptors (Lipinski definition) is 6. The molecule has 144 valence electrons. The van der Waals surface area contributed by atoms with Gasteiger partial charge in [-0.3, -0.25) is 14.7 Å². The maximum Gasteiger partial charge on any atom is 0.269 e. The molecule has 0 saturated carbocycles. The van der Waals surface area contributed by atoms with E-state index in [0.29, 0.717) is 5.82 Å². The van der Waals surface area contributed by atoms with Crippen molar-refractivity contribution < 1.29 is 9.66 Å². The summed E-state index contributed by atoms with van der Waals surface area (Å²) in [5.41, 5.74) is 1.79. The van der Waals surface area contributed by atoms with Gasteiger partial charge in [0.1, 0.15) is 0 Å². The van der Waals surface area contributed by atoms with E-state index in [1.807, 2.05) is 34.9 Å². The van der Waals surface area contributed by atoms with Crippen LogP contribution in [0, 0.1) is 10.1 Å². The van der Waals surface area contributed by atoms with E-state index in [-0.39, 0.29) is 11.8 Å². The van der Waals surface area contributed by atoms with Gasteiger partial charge in [-0.15, -0.1) is 10.2 Å². The average molecular weight is 396 g/mol. The lowest BCUT2D eigenvalue weighted by Gasteiger charge is -2.22. The summed E-state index contributed by atoms with van der Waals surface area (Å²) >= 11 is 1.63. The van der Waals surface area contributed by atoms with Crippen molar-refractivity contribution in [1.82, 2.24) is 14.8 Å². The number of nitrogens with zero attached hydrogens (tertiary/aromatic N) is 4. The average Bonchev–Trinajstić information content (AvgIpc) is 3.17. The minimum absolute atomic E-state index is 0.0542. The zero-order valence-electron chi connectivity index (χ0n) is 15.2. The van der Waals surface area contributed by atoms with Crippen molar-refractivity contribution in [1.29, 1.82) is 0 Å². The van der Waals surface area contributed by atoms with Crippen LogP contribution in [0.5, 0.6) is 0 Å². The third-order valence-corrected chi connectivity index (χ3v) is 5.72. The minimum atomic E-state index is -0.406. The Hall–Kier alpha value is -2.71. The van der Waals surface area contributed by atoms with Gasteiger partial charge in [0, 0.05) is 35.7 Å². The summed E-state index contributed by atoms with van der Waals surface area (Å²) in [4.78, 5) is 10.5. The first kappa shape index (κ1) is 18.6. The fraction of sp³-hybridized carbons (Fsp3) is 0.300. The Morgan fingerprint density at radius 3 is 2.57 bits per heavy atom. The predicted molar refractivity (Wildman–Crippen MR) is 108 cm³/mol. The van der Waals surface area contributed by atoms with Crippen molar-refractivity contribution in [2.45, 2.75) is 30.5 Å². The van der Waals surface area contributed by atoms with Gasteiger partial charge in [-0.05, 0) is 43.5 Å². The summed E-state index contributed by atoms with van der Waals surface area (Å²) in [5.74, 6) is 1.48. The second-order valence-electron chi connectivity index (χ2n) is 6.58. The van der Waals surface area contributed by atoms with Crippen LogP contribution in [-0.2, 0) is 4.74 Å². The third kappa shape index (κ3) is 4.07. The fourth-order valence-electron chi connectivity index (χ4n) is 3.20. The minimum Gasteiger partial charge on any atom is -0.377 e. The molecule has 0 spiro atoms. The number of thioether (sulfide) groups is 1. The van der Waals surface area contributed by atoms with E-state index in [1.165, 1.54) is 18.6 Å². The van der Waals surface area contributed by atoms with Crippen molar-refractivity contribution >= 4 is 17.4 Å². The van der Waals surface area contributed by atoms with Gasteiger partial charge in [0.05, 0.1) is 11.0 Å². The largest absolute Gasteiger partial charge is 0.377 e. The summed E-state index contributed by atoms with van der Waals surface area (Å²) in [6.45, 7) is 0.824. The number of para-hydroxylation sites is 1. The first-order valence-electron chi connectivity index (χ1n) is 9.22. The van der Waals surface area contributed by atoms with Gasteiger partial charge in [0.2, 0.25) is 0 Å². The molecular formula is C20H20N4O3S. The Balaban J connectivity index is 1.66. The first-order chi connectivity index (χ1) is 13.7. The molecular weight excluding hydrogens is 376 g/mol. The Kier molecular flexibility index (Phi) is 5.68. The van der Waals surface area contributed by atoms with Gasteiger partial charge >= 0.3 is 0 Å². The van der Waals surface area contributed by atoms with E-state index in [4.69, 9.17) is 4.74 Å². The van der Waals surface area contributed by atoms with Gasteiger partial charge in [0.15, 0.2) is 11.0 Å². The number of hydrogen-bond donors (Lipinski definition) is 0. The Morgan fingerprint density at radius 2 is 1.89 bits per heavy atom. The second kappa shape index (κ2) is 8.53. The summed E-state index contributed by atoms with van der Waals surface area (Å²) in [6, 6.07) is 16.3. The summed E-state index contributed by atoms with van der Waals surface area (Å²) in [5, 5.41) is 20.5. The Morgan fingerprint density at radius 1 is 1.11 bits per heavy atom. The normalized spacial score (nSPS) is 16.8. The molecule has 4 rings (SSSR count). The SMILES string of the molecule is O=[N+]([O-])c1ccc(-c2nnc(SC[C@@H]3CCCCO3)n2-c2ccccc2)cc1. The van der Waals surface area contributed by atoms with Crippen LogP contribution in [0.15, 0.2) is 59.8 Å². The molecule has 1 aliphatic rings. The summed E-state index contributed by atoms with van der Waals surface area (Å²) < 4.78 is 7.82. The smallest absolute Gasteiger partial charge is 0.269 e. The second-order valence-corrected chi connectivity index (χ2v) is 7.57. The van der Waals surface area contributed by atoms with Gasteiger partial charge in [-0.1, -0.05) is 30.0 Å². The molecule has 0 N–H and O–H groups in total. The molecule has 1 atom stereocenters. The number of aromatic nitrogens is 3. The first-order valence-corrected chi connectivity index (χ1v) is 10.2. The molecule has 7 nitrogen and oxygen atoms in total. The molecule has 1 aromatic heterocycles. The standard InChI is InChI=1S/C20H20N4O3S/c25-24(26)17-11-9-15(10-12-17)19-21-22-20(23(19)16-6-2-1-3-7-16)28-14-18-8-4-5-13-27-18/h1-3,6-7,9-12,18H,4-5,8,13-14H2/t18-/m0/s1. The van der Waals surface area contributed by atoms with E-state index < -0.39 is 4.92 Å². The third-order valence-electron chi connectivity index (χ3n) is 4.66. The molecule has 3 aromatic rings. The number of benzene rings is 2. The lowest BCUT2D eigenvalue weighted by atomic mass is 10.1. The topological polar surface area (TPSA) is 83.1 Å². The molecule has 0 bridgehead atoms. The Labute approximate surface area is 166 Å².